The second kappa shape index (κ2) is 8.98. The van der Waals surface area contributed by atoms with Crippen molar-refractivity contribution in [3.8, 4) is 5.75 Å². The number of hydrogen-bond acceptors (Lipinski definition) is 5. The summed E-state index contributed by atoms with van der Waals surface area (Å²) >= 11 is 0. The molecular formula is C24H29N5O3. The molecule has 2 aromatic heterocycles. The molecule has 32 heavy (non-hydrogen) atoms. The average Bonchev–Trinajstić information content (AvgIpc) is 3.31. The second-order valence-electron chi connectivity index (χ2n) is 8.45. The topological polar surface area (TPSA) is 100 Å². The number of rotatable bonds is 6. The third-order valence-corrected chi connectivity index (χ3v) is 6.59. The zero-order chi connectivity index (χ0) is 22.7. The fraction of sp³-hybridized carbons (Fsp3) is 0.417. The molecule has 0 saturated heterocycles. The van der Waals surface area contributed by atoms with E-state index in [1.165, 1.54) is 0 Å². The van der Waals surface area contributed by atoms with Crippen molar-refractivity contribution in [2.45, 2.75) is 50.5 Å². The minimum Gasteiger partial charge on any atom is -0.497 e. The lowest BCUT2D eigenvalue weighted by molar-refractivity contribution is -0.142. The molecule has 1 unspecified atom stereocenters. The predicted octanol–water partition coefficient (Wildman–Crippen LogP) is 3.65. The standard InChI is InChI=1S/C24H29N5O3/c1-16(22(30)27-21-12-11-19-20(26-21)15-25-28-19)29(2)23(31)24(13-5-4-6-14-24)17-7-9-18(32-3)10-8-17/h7-12,15-16H,4-6,13-14H2,1-3H3,(H,25,28)(H,26,27,30). The van der Waals surface area contributed by atoms with Crippen molar-refractivity contribution >= 4 is 28.7 Å². The average molecular weight is 436 g/mol. The Morgan fingerprint density at radius 3 is 2.53 bits per heavy atom. The fourth-order valence-corrected chi connectivity index (χ4v) is 4.51. The first-order valence-corrected chi connectivity index (χ1v) is 11.0. The maximum absolute atomic E-state index is 13.8. The lowest BCUT2D eigenvalue weighted by Crippen LogP contribution is -2.52. The first-order valence-electron chi connectivity index (χ1n) is 11.0. The molecule has 1 aromatic carbocycles. The van der Waals surface area contributed by atoms with Crippen LogP contribution in [0.25, 0.3) is 11.0 Å². The maximum atomic E-state index is 13.8. The van der Waals surface area contributed by atoms with Crippen molar-refractivity contribution in [1.82, 2.24) is 20.1 Å². The number of benzene rings is 1. The molecule has 1 atom stereocenters. The molecule has 1 aliphatic rings. The van der Waals surface area contributed by atoms with Crippen LogP contribution in [0.5, 0.6) is 5.75 Å². The number of nitrogens with zero attached hydrogens (tertiary/aromatic N) is 3. The maximum Gasteiger partial charge on any atom is 0.248 e. The quantitative estimate of drug-likeness (QED) is 0.616. The SMILES string of the molecule is COc1ccc(C2(C(=O)N(C)C(C)C(=O)Nc3ccc4[nH]ncc4n3)CCCCC2)cc1. The van der Waals surface area contributed by atoms with E-state index in [2.05, 4.69) is 20.5 Å². The van der Waals surface area contributed by atoms with Crippen LogP contribution in [0.4, 0.5) is 5.82 Å². The number of carbonyl (C=O) groups excluding carboxylic acids is 2. The minimum absolute atomic E-state index is 0.0248. The number of nitrogens with one attached hydrogen (secondary N) is 2. The Morgan fingerprint density at radius 2 is 1.84 bits per heavy atom. The lowest BCUT2D eigenvalue weighted by Gasteiger charge is -2.40. The Balaban J connectivity index is 1.53. The second-order valence-corrected chi connectivity index (χ2v) is 8.45. The van der Waals surface area contributed by atoms with Crippen LogP contribution >= 0.6 is 0 Å². The predicted molar refractivity (Wildman–Crippen MR) is 123 cm³/mol. The smallest absolute Gasteiger partial charge is 0.248 e. The lowest BCUT2D eigenvalue weighted by atomic mass is 9.68. The highest BCUT2D eigenvalue weighted by Gasteiger charge is 2.44. The molecule has 4 rings (SSSR count). The zero-order valence-electron chi connectivity index (χ0n) is 18.7. The third-order valence-electron chi connectivity index (χ3n) is 6.59. The van der Waals surface area contributed by atoms with E-state index in [0.717, 1.165) is 48.9 Å². The van der Waals surface area contributed by atoms with E-state index in [1.807, 2.05) is 30.3 Å². The number of fused-ring (bicyclic) bond motifs is 1. The molecule has 8 heteroatoms. The van der Waals surface area contributed by atoms with E-state index in [0.29, 0.717) is 11.3 Å². The summed E-state index contributed by atoms with van der Waals surface area (Å²) in [7, 11) is 3.34. The van der Waals surface area contributed by atoms with Gasteiger partial charge in [-0.25, -0.2) is 4.98 Å². The monoisotopic (exact) mass is 435 g/mol. The van der Waals surface area contributed by atoms with Crippen LogP contribution in [0.3, 0.4) is 0 Å². The highest BCUT2D eigenvalue weighted by molar-refractivity contribution is 5.98. The Bertz CT molecular complexity index is 1100. The summed E-state index contributed by atoms with van der Waals surface area (Å²) < 4.78 is 5.29. The van der Waals surface area contributed by atoms with Gasteiger partial charge in [0.15, 0.2) is 0 Å². The van der Waals surface area contributed by atoms with Crippen LogP contribution in [0.2, 0.25) is 0 Å². The number of pyridine rings is 1. The molecule has 3 aromatic rings. The Hall–Kier alpha value is -3.42. The molecule has 168 valence electrons. The van der Waals surface area contributed by atoms with Gasteiger partial charge in [-0.1, -0.05) is 31.4 Å². The number of anilines is 1. The molecule has 0 radical (unpaired) electrons. The van der Waals surface area contributed by atoms with Crippen LogP contribution in [0.15, 0.2) is 42.6 Å². The number of carbonyl (C=O) groups is 2. The zero-order valence-corrected chi connectivity index (χ0v) is 18.7. The van der Waals surface area contributed by atoms with Gasteiger partial charge in [0, 0.05) is 7.05 Å². The molecule has 0 aliphatic heterocycles. The van der Waals surface area contributed by atoms with Crippen LogP contribution < -0.4 is 10.1 Å². The van der Waals surface area contributed by atoms with Gasteiger partial charge in [-0.2, -0.15) is 5.10 Å². The molecule has 0 bridgehead atoms. The van der Waals surface area contributed by atoms with E-state index in [1.54, 1.807) is 38.2 Å². The van der Waals surface area contributed by atoms with Crippen molar-refractivity contribution in [1.29, 1.82) is 0 Å². The first kappa shape index (κ1) is 21.8. The normalized spacial score (nSPS) is 16.3. The van der Waals surface area contributed by atoms with Gasteiger partial charge in [0.25, 0.3) is 0 Å². The van der Waals surface area contributed by atoms with E-state index < -0.39 is 11.5 Å². The van der Waals surface area contributed by atoms with Gasteiger partial charge >= 0.3 is 0 Å². The van der Waals surface area contributed by atoms with Gasteiger partial charge in [-0.15, -0.1) is 0 Å². The molecule has 1 aliphatic carbocycles. The number of likely N-dealkylation sites (N-methyl/N-ethyl adjacent to an activating group) is 1. The molecule has 1 fully saturated rings. The number of aromatic amines is 1. The van der Waals surface area contributed by atoms with Gasteiger partial charge in [0.05, 0.1) is 24.2 Å². The van der Waals surface area contributed by atoms with Crippen molar-refractivity contribution in [2.24, 2.45) is 0 Å². The molecular weight excluding hydrogens is 406 g/mol. The summed E-state index contributed by atoms with van der Waals surface area (Å²) in [5.41, 5.74) is 1.82. The van der Waals surface area contributed by atoms with E-state index in [9.17, 15) is 9.59 Å². The van der Waals surface area contributed by atoms with Crippen molar-refractivity contribution in [3.63, 3.8) is 0 Å². The summed E-state index contributed by atoms with van der Waals surface area (Å²) in [6, 6.07) is 10.6. The van der Waals surface area contributed by atoms with Crippen LogP contribution in [-0.4, -0.2) is 52.1 Å². The molecule has 1 saturated carbocycles. The molecule has 2 amide bonds. The van der Waals surface area contributed by atoms with E-state index in [-0.39, 0.29) is 11.8 Å². The number of amides is 2. The minimum atomic E-state index is -0.651. The van der Waals surface area contributed by atoms with Crippen LogP contribution in [0, 0.1) is 0 Å². The highest BCUT2D eigenvalue weighted by atomic mass is 16.5. The van der Waals surface area contributed by atoms with Gasteiger partial charge < -0.3 is 15.0 Å². The van der Waals surface area contributed by atoms with Gasteiger partial charge in [-0.3, -0.25) is 14.7 Å². The Kier molecular flexibility index (Phi) is 6.12. The summed E-state index contributed by atoms with van der Waals surface area (Å²) in [6.07, 6.45) is 6.24. The summed E-state index contributed by atoms with van der Waals surface area (Å²) in [6.45, 7) is 1.74. The van der Waals surface area contributed by atoms with Crippen molar-refractivity contribution in [2.75, 3.05) is 19.5 Å². The molecule has 0 spiro atoms. The van der Waals surface area contributed by atoms with Crippen molar-refractivity contribution < 1.29 is 14.3 Å². The summed E-state index contributed by atoms with van der Waals surface area (Å²) in [5, 5.41) is 9.61. The van der Waals surface area contributed by atoms with Gasteiger partial charge in [0.2, 0.25) is 11.8 Å². The molecule has 2 heterocycles. The number of ether oxygens (including phenoxy) is 1. The molecule has 2 N–H and O–H groups in total. The summed E-state index contributed by atoms with van der Waals surface area (Å²) in [4.78, 5) is 32.7. The largest absolute Gasteiger partial charge is 0.497 e. The highest BCUT2D eigenvalue weighted by Crippen LogP contribution is 2.41. The number of methoxy groups -OCH3 is 1. The van der Waals surface area contributed by atoms with Crippen LogP contribution in [0.1, 0.15) is 44.6 Å². The fourth-order valence-electron chi connectivity index (χ4n) is 4.51. The first-order chi connectivity index (χ1) is 15.4. The van der Waals surface area contributed by atoms with E-state index in [4.69, 9.17) is 4.74 Å². The van der Waals surface area contributed by atoms with Crippen LogP contribution in [-0.2, 0) is 15.0 Å². The van der Waals surface area contributed by atoms with Gasteiger partial charge in [-0.05, 0) is 49.6 Å². The Morgan fingerprint density at radius 1 is 1.12 bits per heavy atom. The van der Waals surface area contributed by atoms with E-state index >= 15 is 0 Å². The number of hydrogen-bond donors (Lipinski definition) is 2. The van der Waals surface area contributed by atoms with Gasteiger partial charge in [0.1, 0.15) is 23.1 Å². The number of aromatic nitrogens is 3. The van der Waals surface area contributed by atoms with Crippen molar-refractivity contribution in [3.05, 3.63) is 48.2 Å². The third kappa shape index (κ3) is 4.04. The Labute approximate surface area is 187 Å². The number of H-pyrrole nitrogens is 1. The summed E-state index contributed by atoms with van der Waals surface area (Å²) in [5.74, 6) is 0.884. The molecule has 8 nitrogen and oxygen atoms in total.